The van der Waals surface area contributed by atoms with Gasteiger partial charge in [-0.2, -0.15) is 10.2 Å². The van der Waals surface area contributed by atoms with Crippen molar-refractivity contribution < 1.29 is 28.0 Å². The minimum absolute atomic E-state index is 0.123. The average Bonchev–Trinajstić information content (AvgIpc) is 3.71. The Labute approximate surface area is 233 Å². The zero-order valence-corrected chi connectivity index (χ0v) is 24.2. The van der Waals surface area contributed by atoms with Gasteiger partial charge in [-0.15, -0.1) is 0 Å². The van der Waals surface area contributed by atoms with E-state index in [1.165, 1.54) is 0 Å². The van der Waals surface area contributed by atoms with Gasteiger partial charge in [-0.25, -0.2) is 0 Å². The molecule has 3 aliphatic rings. The van der Waals surface area contributed by atoms with Crippen LogP contribution in [0.5, 0.6) is 0 Å². The number of nitrogens with zero attached hydrogens (tertiary/aromatic N) is 2. The highest BCUT2D eigenvalue weighted by atomic mass is 16.3. The smallest absolute Gasteiger partial charge is 0.192 e. The lowest BCUT2D eigenvalue weighted by Crippen LogP contribution is -2.45. The van der Waals surface area contributed by atoms with Gasteiger partial charge in [0, 0.05) is 13.1 Å². The minimum Gasteiger partial charge on any atom is -0.464 e. The van der Waals surface area contributed by atoms with Crippen molar-refractivity contribution in [2.75, 3.05) is 13.1 Å². The zero-order valence-electron chi connectivity index (χ0n) is 24.2. The van der Waals surface area contributed by atoms with Gasteiger partial charge < -0.3 is 19.7 Å². The third-order valence-electron chi connectivity index (χ3n) is 8.79. The predicted octanol–water partition coefficient (Wildman–Crippen LogP) is 3.12. The first-order valence-electron chi connectivity index (χ1n) is 13.5. The number of Topliss-reactive ketones (excluding diaryl/α,β-unsaturated/α-hetero) is 4. The summed E-state index contributed by atoms with van der Waals surface area (Å²) >= 11 is 0. The summed E-state index contributed by atoms with van der Waals surface area (Å²) < 4.78 is 12.4. The first-order chi connectivity index (χ1) is 18.5. The van der Waals surface area contributed by atoms with E-state index in [2.05, 4.69) is 21.1 Å². The van der Waals surface area contributed by atoms with E-state index in [0.717, 1.165) is 0 Å². The van der Waals surface area contributed by atoms with Crippen molar-refractivity contribution in [1.82, 2.24) is 10.9 Å². The maximum atomic E-state index is 13.9. The van der Waals surface area contributed by atoms with Crippen LogP contribution in [0, 0.1) is 11.8 Å². The highest BCUT2D eigenvalue weighted by molar-refractivity contribution is 6.48. The molecule has 0 aromatic carbocycles. The van der Waals surface area contributed by atoms with Gasteiger partial charge in [0.25, 0.3) is 0 Å². The molecule has 2 N–H and O–H groups in total. The number of carbonyl (C=O) groups is 4. The van der Waals surface area contributed by atoms with E-state index >= 15 is 0 Å². The summed E-state index contributed by atoms with van der Waals surface area (Å²) in [6, 6.07) is 6.73. The molecule has 0 saturated heterocycles. The topological polar surface area (TPSA) is 143 Å². The summed E-state index contributed by atoms with van der Waals surface area (Å²) in [7, 11) is 0. The van der Waals surface area contributed by atoms with Gasteiger partial charge in [-0.05, 0) is 79.7 Å². The lowest BCUT2D eigenvalue weighted by Gasteiger charge is -2.29. The first-order valence-corrected chi connectivity index (χ1v) is 13.5. The molecule has 0 fully saturated rings. The second-order valence-electron chi connectivity index (χ2n) is 13.0. The van der Waals surface area contributed by atoms with E-state index in [0.29, 0.717) is 23.0 Å². The van der Waals surface area contributed by atoms with Gasteiger partial charge in [-0.3, -0.25) is 19.2 Å². The van der Waals surface area contributed by atoms with Crippen LogP contribution in [-0.4, -0.2) is 47.6 Å². The van der Waals surface area contributed by atoms with Crippen LogP contribution in [0.1, 0.15) is 78.4 Å². The van der Waals surface area contributed by atoms with E-state index < -0.39 is 33.5 Å². The standard InChI is InChI=1S/C30H36N4O6/c1-27(2)17-9-11-19(39-17)29(5,6)26(38)22-16(14-32-34-22)24(36)28(3,4)18-10-12-20(40-18)30(7,8)25(37)21-15(23(27)35)13-31-33-21/h9-12,15-16,31-32H,13-14H2,1-8H3/t15-,16-/m1/s1. The van der Waals surface area contributed by atoms with Crippen LogP contribution in [-0.2, 0) is 40.8 Å². The second-order valence-corrected chi connectivity index (χ2v) is 13.0. The Morgan fingerprint density at radius 2 is 0.875 bits per heavy atom. The summed E-state index contributed by atoms with van der Waals surface area (Å²) in [4.78, 5) is 55.7. The quantitative estimate of drug-likeness (QED) is 0.511. The van der Waals surface area contributed by atoms with Crippen molar-refractivity contribution in [2.24, 2.45) is 22.0 Å². The lowest BCUT2D eigenvalue weighted by molar-refractivity contribution is -0.127. The molecular weight excluding hydrogens is 512 g/mol. The third-order valence-corrected chi connectivity index (χ3v) is 8.79. The van der Waals surface area contributed by atoms with Gasteiger partial charge in [0.05, 0.1) is 33.5 Å². The van der Waals surface area contributed by atoms with Crippen molar-refractivity contribution in [3.8, 4) is 0 Å². The number of rotatable bonds is 0. The second kappa shape index (κ2) is 8.84. The van der Waals surface area contributed by atoms with Crippen LogP contribution >= 0.6 is 0 Å². The number of hydrogen-bond donors (Lipinski definition) is 2. The van der Waals surface area contributed by atoms with Crippen molar-refractivity contribution in [3.05, 3.63) is 47.3 Å². The van der Waals surface area contributed by atoms with Crippen LogP contribution in [0.2, 0.25) is 0 Å². The van der Waals surface area contributed by atoms with Crippen LogP contribution in [0.3, 0.4) is 0 Å². The molecule has 0 aliphatic carbocycles. The minimum atomic E-state index is -1.17. The van der Waals surface area contributed by atoms with Crippen LogP contribution in [0.25, 0.3) is 0 Å². The molecule has 5 heterocycles. The zero-order chi connectivity index (χ0) is 29.4. The highest BCUT2D eigenvalue weighted by Gasteiger charge is 2.50. The maximum Gasteiger partial charge on any atom is 0.192 e. The fraction of sp³-hybridized carbons (Fsp3) is 0.533. The summed E-state index contributed by atoms with van der Waals surface area (Å²) in [5.74, 6) is -1.36. The first kappa shape index (κ1) is 27.7. The van der Waals surface area contributed by atoms with Gasteiger partial charge in [0.2, 0.25) is 0 Å². The molecule has 212 valence electrons. The van der Waals surface area contributed by atoms with Crippen molar-refractivity contribution >= 4 is 34.6 Å². The number of ketones is 4. The molecule has 0 radical (unpaired) electrons. The Morgan fingerprint density at radius 1 is 0.575 bits per heavy atom. The Bertz CT molecular complexity index is 1390. The summed E-state index contributed by atoms with van der Waals surface area (Å²) in [5, 5.41) is 8.48. The van der Waals surface area contributed by atoms with Gasteiger partial charge in [-0.1, -0.05) is 0 Å². The predicted molar refractivity (Wildman–Crippen MR) is 147 cm³/mol. The van der Waals surface area contributed by atoms with E-state index in [9.17, 15) is 19.2 Å². The molecule has 0 spiro atoms. The molecule has 10 nitrogen and oxygen atoms in total. The van der Waals surface area contributed by atoms with E-state index in [4.69, 9.17) is 8.83 Å². The van der Waals surface area contributed by atoms with E-state index in [1.807, 2.05) is 0 Å². The van der Waals surface area contributed by atoms with E-state index in [1.54, 1.807) is 79.7 Å². The number of fused-ring (bicyclic) bond motifs is 6. The van der Waals surface area contributed by atoms with Crippen molar-refractivity contribution in [1.29, 1.82) is 0 Å². The molecule has 40 heavy (non-hydrogen) atoms. The average molecular weight is 549 g/mol. The number of furan rings is 2. The van der Waals surface area contributed by atoms with E-state index in [-0.39, 0.29) is 47.6 Å². The normalized spacial score (nSPS) is 27.0. The van der Waals surface area contributed by atoms with Gasteiger partial charge in [0.1, 0.15) is 34.5 Å². The van der Waals surface area contributed by atoms with Gasteiger partial charge >= 0.3 is 0 Å². The molecule has 10 heteroatoms. The summed E-state index contributed by atoms with van der Waals surface area (Å²) in [6.45, 7) is 14.1. The maximum absolute atomic E-state index is 13.9. The Balaban J connectivity index is 1.67. The molecule has 5 rings (SSSR count). The van der Waals surface area contributed by atoms with Crippen LogP contribution in [0.4, 0.5) is 0 Å². The van der Waals surface area contributed by atoms with Crippen LogP contribution in [0.15, 0.2) is 43.3 Å². The molecule has 2 atom stereocenters. The molecule has 3 aliphatic heterocycles. The molecular formula is C30H36N4O6. The lowest BCUT2D eigenvalue weighted by atomic mass is 9.73. The largest absolute Gasteiger partial charge is 0.464 e. The Morgan fingerprint density at radius 3 is 1.20 bits per heavy atom. The van der Waals surface area contributed by atoms with Gasteiger partial charge in [0.15, 0.2) is 23.1 Å². The molecule has 4 bridgehead atoms. The molecule has 0 unspecified atom stereocenters. The van der Waals surface area contributed by atoms with Crippen molar-refractivity contribution in [3.63, 3.8) is 0 Å². The summed E-state index contributed by atoms with van der Waals surface area (Å²) in [6.07, 6.45) is 0. The molecule has 0 saturated carbocycles. The molecule has 2 aromatic heterocycles. The fourth-order valence-electron chi connectivity index (χ4n) is 5.64. The molecule has 2 aromatic rings. The SMILES string of the molecule is CC1(C)C(=O)C2=NNC[C@H]2C(=O)C(C)(C)c2ccc(o2)C(C)(C)C(=O)C2=NNC[C@H]2C(=O)C(C)(C)c2ccc1o2. The Hall–Kier alpha value is -3.82. The number of nitrogens with one attached hydrogen (secondary N) is 2. The van der Waals surface area contributed by atoms with Crippen molar-refractivity contribution in [2.45, 2.75) is 77.0 Å². The fourth-order valence-corrected chi connectivity index (χ4v) is 5.64. The number of hydrazone groups is 2. The monoisotopic (exact) mass is 548 g/mol. The summed E-state index contributed by atoms with van der Waals surface area (Å²) in [5.41, 5.74) is 1.30. The third kappa shape index (κ3) is 3.90. The number of carbonyl (C=O) groups excluding carboxylic acids is 4. The van der Waals surface area contributed by atoms with Crippen LogP contribution < -0.4 is 10.9 Å². The highest BCUT2D eigenvalue weighted by Crippen LogP contribution is 2.39. The Kier molecular flexibility index (Phi) is 6.13. The number of hydrogen-bond acceptors (Lipinski definition) is 10. The molecule has 0 amide bonds.